The normalized spacial score (nSPS) is 10.2. The number of phenolic OH excluding ortho intramolecular Hbond substituents is 2. The van der Waals surface area contributed by atoms with Gasteiger partial charge < -0.3 is 26.4 Å². The molecule has 20 heavy (non-hydrogen) atoms. The maximum absolute atomic E-state index is 11.1. The Morgan fingerprint density at radius 3 is 2.45 bits per heavy atom. The molecule has 0 atom stereocenters. The minimum absolute atomic E-state index is 0.00938. The molecule has 0 fully saturated rings. The number of nitrogens with two attached hydrogens (primary N) is 1. The Morgan fingerprint density at radius 2 is 1.75 bits per heavy atom. The first kappa shape index (κ1) is 13.5. The average Bonchev–Trinajstić information content (AvgIpc) is 2.41. The zero-order valence-corrected chi connectivity index (χ0v) is 10.5. The molecule has 0 bridgehead atoms. The van der Waals surface area contributed by atoms with Crippen LogP contribution in [0.25, 0.3) is 0 Å². The second-order valence-electron chi connectivity index (χ2n) is 4.26. The maximum atomic E-state index is 11.1. The number of carbonyl (C=O) groups is 1. The summed E-state index contributed by atoms with van der Waals surface area (Å²) in [6.07, 6.45) is 0. The molecular formula is C14H14N2O4. The van der Waals surface area contributed by atoms with Crippen LogP contribution >= 0.6 is 0 Å². The molecule has 0 heterocycles. The highest BCUT2D eigenvalue weighted by Crippen LogP contribution is 2.25. The Kier molecular flexibility index (Phi) is 3.65. The monoisotopic (exact) mass is 274 g/mol. The Hall–Kier alpha value is -2.89. The van der Waals surface area contributed by atoms with Crippen LogP contribution in [-0.4, -0.2) is 21.2 Å². The second kappa shape index (κ2) is 5.40. The number of benzene rings is 2. The van der Waals surface area contributed by atoms with Crippen LogP contribution in [-0.2, 0) is 6.54 Å². The number of aromatic hydroxyl groups is 3. The quantitative estimate of drug-likeness (QED) is 0.542. The van der Waals surface area contributed by atoms with Crippen molar-refractivity contribution in [1.29, 1.82) is 0 Å². The third-order valence-electron chi connectivity index (χ3n) is 2.81. The van der Waals surface area contributed by atoms with Gasteiger partial charge in [0.05, 0.1) is 5.56 Å². The van der Waals surface area contributed by atoms with Gasteiger partial charge in [0.1, 0.15) is 17.2 Å². The zero-order chi connectivity index (χ0) is 14.7. The predicted octanol–water partition coefficient (Wildman–Crippen LogP) is 1.51. The Balaban J connectivity index is 2.17. The van der Waals surface area contributed by atoms with E-state index >= 15 is 0 Å². The van der Waals surface area contributed by atoms with E-state index in [1.807, 2.05) is 0 Å². The van der Waals surface area contributed by atoms with Gasteiger partial charge in [-0.15, -0.1) is 0 Å². The van der Waals surface area contributed by atoms with Gasteiger partial charge in [0.2, 0.25) is 0 Å². The lowest BCUT2D eigenvalue weighted by Crippen LogP contribution is -2.11. The van der Waals surface area contributed by atoms with Gasteiger partial charge in [0.15, 0.2) is 0 Å². The average molecular weight is 274 g/mol. The van der Waals surface area contributed by atoms with Gasteiger partial charge >= 0.3 is 0 Å². The van der Waals surface area contributed by atoms with E-state index < -0.39 is 5.91 Å². The molecule has 2 aromatic rings. The van der Waals surface area contributed by atoms with Crippen molar-refractivity contribution in [2.24, 2.45) is 5.73 Å². The van der Waals surface area contributed by atoms with Crippen molar-refractivity contribution < 1.29 is 20.1 Å². The summed E-state index contributed by atoms with van der Waals surface area (Å²) in [5.74, 6) is -0.832. The summed E-state index contributed by atoms with van der Waals surface area (Å²) >= 11 is 0. The van der Waals surface area contributed by atoms with Crippen molar-refractivity contribution in [2.75, 3.05) is 5.32 Å². The molecule has 0 saturated heterocycles. The highest BCUT2D eigenvalue weighted by molar-refractivity contribution is 5.96. The lowest BCUT2D eigenvalue weighted by atomic mass is 10.1. The summed E-state index contributed by atoms with van der Waals surface area (Å²) in [7, 11) is 0. The molecular weight excluding hydrogens is 260 g/mol. The lowest BCUT2D eigenvalue weighted by Gasteiger charge is -2.10. The van der Waals surface area contributed by atoms with E-state index in [0.29, 0.717) is 11.3 Å². The van der Waals surface area contributed by atoms with Gasteiger partial charge in [-0.3, -0.25) is 4.79 Å². The van der Waals surface area contributed by atoms with Gasteiger partial charge in [0.25, 0.3) is 5.91 Å². The van der Waals surface area contributed by atoms with Gasteiger partial charge in [-0.25, -0.2) is 0 Å². The Labute approximate surface area is 115 Å². The first-order valence-electron chi connectivity index (χ1n) is 5.85. The van der Waals surface area contributed by atoms with Crippen LogP contribution in [0, 0.1) is 0 Å². The fourth-order valence-electron chi connectivity index (χ4n) is 1.75. The molecule has 0 aliphatic carbocycles. The van der Waals surface area contributed by atoms with Gasteiger partial charge in [-0.1, -0.05) is 0 Å². The summed E-state index contributed by atoms with van der Waals surface area (Å²) in [6.45, 7) is 0.239. The van der Waals surface area contributed by atoms with E-state index in [0.717, 1.165) is 0 Å². The van der Waals surface area contributed by atoms with Crippen LogP contribution in [0.2, 0.25) is 0 Å². The highest BCUT2D eigenvalue weighted by Gasteiger charge is 2.09. The molecule has 104 valence electrons. The number of carbonyl (C=O) groups excluding carboxylic acids is 1. The third-order valence-corrected chi connectivity index (χ3v) is 2.81. The van der Waals surface area contributed by atoms with Crippen molar-refractivity contribution in [3.05, 3.63) is 47.5 Å². The predicted molar refractivity (Wildman–Crippen MR) is 73.7 cm³/mol. The topological polar surface area (TPSA) is 116 Å². The van der Waals surface area contributed by atoms with E-state index in [9.17, 15) is 20.1 Å². The molecule has 0 aliphatic heterocycles. The number of rotatable bonds is 4. The lowest BCUT2D eigenvalue weighted by molar-refractivity contribution is 0.0998. The van der Waals surface area contributed by atoms with Crippen LogP contribution in [0.15, 0.2) is 36.4 Å². The van der Waals surface area contributed by atoms with Gasteiger partial charge in [-0.2, -0.15) is 0 Å². The van der Waals surface area contributed by atoms with E-state index in [1.165, 1.54) is 30.3 Å². The molecule has 0 spiro atoms. The first-order valence-corrected chi connectivity index (χ1v) is 5.85. The third kappa shape index (κ3) is 2.92. The minimum atomic E-state index is -0.730. The van der Waals surface area contributed by atoms with Gasteiger partial charge in [-0.05, 0) is 36.4 Å². The highest BCUT2D eigenvalue weighted by atomic mass is 16.3. The van der Waals surface area contributed by atoms with Crippen LogP contribution in [0.5, 0.6) is 17.2 Å². The number of anilines is 1. The number of phenols is 3. The van der Waals surface area contributed by atoms with Crippen molar-refractivity contribution in [1.82, 2.24) is 0 Å². The van der Waals surface area contributed by atoms with Crippen molar-refractivity contribution >= 4 is 11.6 Å². The van der Waals surface area contributed by atoms with E-state index in [2.05, 4.69) is 5.32 Å². The summed E-state index contributed by atoms with van der Waals surface area (Å²) < 4.78 is 0. The number of hydrogen-bond donors (Lipinski definition) is 5. The number of primary amides is 1. The minimum Gasteiger partial charge on any atom is -0.508 e. The van der Waals surface area contributed by atoms with Crippen LogP contribution in [0.1, 0.15) is 15.9 Å². The summed E-state index contributed by atoms with van der Waals surface area (Å²) in [5, 5.41) is 31.4. The Morgan fingerprint density at radius 1 is 1.05 bits per heavy atom. The molecule has 6 heteroatoms. The molecule has 0 radical (unpaired) electrons. The summed E-state index contributed by atoms with van der Waals surface area (Å²) in [5.41, 5.74) is 6.20. The summed E-state index contributed by atoms with van der Waals surface area (Å²) in [4.78, 5) is 11.1. The fourth-order valence-corrected chi connectivity index (χ4v) is 1.75. The molecule has 2 rings (SSSR count). The van der Waals surface area contributed by atoms with E-state index in [-0.39, 0.29) is 29.4 Å². The van der Waals surface area contributed by atoms with E-state index in [1.54, 1.807) is 6.07 Å². The molecule has 2 aromatic carbocycles. The Bertz CT molecular complexity index is 656. The van der Waals surface area contributed by atoms with Gasteiger partial charge in [0, 0.05) is 17.8 Å². The zero-order valence-electron chi connectivity index (χ0n) is 10.5. The van der Waals surface area contributed by atoms with E-state index in [4.69, 9.17) is 5.73 Å². The first-order chi connectivity index (χ1) is 9.47. The largest absolute Gasteiger partial charge is 0.508 e. The molecule has 0 unspecified atom stereocenters. The molecule has 0 aliphatic rings. The second-order valence-corrected chi connectivity index (χ2v) is 4.26. The van der Waals surface area contributed by atoms with Crippen LogP contribution in [0.4, 0.5) is 5.69 Å². The maximum Gasteiger partial charge on any atom is 0.252 e. The number of amides is 1. The standard InChI is InChI=1S/C14H14N2O4/c15-14(20)11-6-9(1-3-13(11)19)16-7-8-5-10(17)2-4-12(8)18/h1-6,16-19H,7H2,(H2,15,20). The molecule has 1 amide bonds. The van der Waals surface area contributed by atoms with Crippen LogP contribution in [0.3, 0.4) is 0 Å². The van der Waals surface area contributed by atoms with Crippen molar-refractivity contribution in [3.63, 3.8) is 0 Å². The SMILES string of the molecule is NC(=O)c1cc(NCc2cc(O)ccc2O)ccc1O. The summed E-state index contributed by atoms with van der Waals surface area (Å²) in [6, 6.07) is 8.53. The number of hydrogen-bond acceptors (Lipinski definition) is 5. The van der Waals surface area contributed by atoms with Crippen LogP contribution < -0.4 is 11.1 Å². The van der Waals surface area contributed by atoms with Crippen molar-refractivity contribution in [3.8, 4) is 17.2 Å². The molecule has 6 nitrogen and oxygen atoms in total. The fraction of sp³-hybridized carbons (Fsp3) is 0.0714. The van der Waals surface area contributed by atoms with Crippen molar-refractivity contribution in [2.45, 2.75) is 6.54 Å². The molecule has 6 N–H and O–H groups in total. The molecule has 0 aromatic heterocycles. The smallest absolute Gasteiger partial charge is 0.252 e. The number of nitrogens with one attached hydrogen (secondary N) is 1. The molecule has 0 saturated carbocycles.